The van der Waals surface area contributed by atoms with Gasteiger partial charge in [-0.1, -0.05) is 13.0 Å². The molecule has 1 saturated carbocycles. The van der Waals surface area contributed by atoms with E-state index in [4.69, 9.17) is 0 Å². The SMILES string of the molecule is CC1CCC(N2CCN(CC(O)c3ccc(F)cc3F)CC2)CC1. The highest BCUT2D eigenvalue weighted by atomic mass is 19.1. The third-order valence-corrected chi connectivity index (χ3v) is 5.66. The molecule has 3 rings (SSSR count). The number of β-amino-alcohol motifs (C(OH)–C–C–N with tert-alkyl or cyclic N) is 1. The highest BCUT2D eigenvalue weighted by Crippen LogP contribution is 2.28. The molecule has 1 N–H and O–H groups in total. The van der Waals surface area contributed by atoms with Crippen LogP contribution in [0.1, 0.15) is 44.3 Å². The molecule has 1 aliphatic carbocycles. The van der Waals surface area contributed by atoms with Crippen molar-refractivity contribution in [2.75, 3.05) is 32.7 Å². The average Bonchev–Trinajstić information content (AvgIpc) is 2.56. The zero-order valence-electron chi connectivity index (χ0n) is 14.4. The fourth-order valence-electron chi connectivity index (χ4n) is 4.03. The first-order chi connectivity index (χ1) is 11.5. The molecule has 2 aliphatic rings. The van der Waals surface area contributed by atoms with Crippen molar-refractivity contribution in [3.8, 4) is 0 Å². The van der Waals surface area contributed by atoms with Crippen LogP contribution < -0.4 is 0 Å². The number of piperazine rings is 1. The lowest BCUT2D eigenvalue weighted by Crippen LogP contribution is -2.51. The summed E-state index contributed by atoms with van der Waals surface area (Å²) >= 11 is 0. The van der Waals surface area contributed by atoms with Crippen molar-refractivity contribution < 1.29 is 13.9 Å². The van der Waals surface area contributed by atoms with Gasteiger partial charge in [-0.2, -0.15) is 0 Å². The van der Waals surface area contributed by atoms with E-state index >= 15 is 0 Å². The first kappa shape index (κ1) is 17.8. The molecule has 1 saturated heterocycles. The zero-order chi connectivity index (χ0) is 17.1. The average molecular weight is 338 g/mol. The molecule has 0 bridgehead atoms. The van der Waals surface area contributed by atoms with E-state index in [0.29, 0.717) is 12.6 Å². The summed E-state index contributed by atoms with van der Waals surface area (Å²) in [5, 5.41) is 10.3. The lowest BCUT2D eigenvalue weighted by atomic mass is 9.86. The van der Waals surface area contributed by atoms with Crippen LogP contribution in [0.3, 0.4) is 0 Å². The number of nitrogens with zero attached hydrogens (tertiary/aromatic N) is 2. The summed E-state index contributed by atoms with van der Waals surface area (Å²) in [4.78, 5) is 4.75. The number of aliphatic hydroxyl groups excluding tert-OH is 1. The molecular formula is C19H28F2N2O. The molecule has 1 aromatic rings. The third-order valence-electron chi connectivity index (χ3n) is 5.66. The van der Waals surface area contributed by atoms with Crippen LogP contribution in [-0.4, -0.2) is 53.7 Å². The van der Waals surface area contributed by atoms with Crippen molar-refractivity contribution in [2.24, 2.45) is 5.92 Å². The summed E-state index contributed by atoms with van der Waals surface area (Å²) in [6.07, 6.45) is 4.34. The van der Waals surface area contributed by atoms with E-state index in [9.17, 15) is 13.9 Å². The lowest BCUT2D eigenvalue weighted by molar-refractivity contribution is 0.0430. The van der Waals surface area contributed by atoms with Crippen LogP contribution in [-0.2, 0) is 0 Å². The van der Waals surface area contributed by atoms with Gasteiger partial charge < -0.3 is 5.11 Å². The molecular weight excluding hydrogens is 310 g/mol. The maximum atomic E-state index is 13.8. The van der Waals surface area contributed by atoms with Gasteiger partial charge in [-0.25, -0.2) is 8.78 Å². The minimum Gasteiger partial charge on any atom is -0.387 e. The molecule has 3 nitrogen and oxygen atoms in total. The first-order valence-corrected chi connectivity index (χ1v) is 9.12. The molecule has 0 amide bonds. The lowest BCUT2D eigenvalue weighted by Gasteiger charge is -2.42. The van der Waals surface area contributed by atoms with Crippen LogP contribution in [0.5, 0.6) is 0 Å². The minimum absolute atomic E-state index is 0.181. The Kier molecular flexibility index (Phi) is 5.85. The van der Waals surface area contributed by atoms with Crippen molar-refractivity contribution in [1.82, 2.24) is 9.80 Å². The molecule has 24 heavy (non-hydrogen) atoms. The van der Waals surface area contributed by atoms with Crippen LogP contribution in [0.25, 0.3) is 0 Å². The van der Waals surface area contributed by atoms with Gasteiger partial charge in [0.05, 0.1) is 6.10 Å². The molecule has 1 atom stereocenters. The van der Waals surface area contributed by atoms with Gasteiger partial charge in [0.15, 0.2) is 0 Å². The highest BCUT2D eigenvalue weighted by Gasteiger charge is 2.28. The number of halogens is 2. The molecule has 1 heterocycles. The predicted octanol–water partition coefficient (Wildman–Crippen LogP) is 3.19. The quantitative estimate of drug-likeness (QED) is 0.913. The van der Waals surface area contributed by atoms with E-state index in [2.05, 4.69) is 16.7 Å². The normalized spacial score (nSPS) is 28.0. The Morgan fingerprint density at radius 1 is 1.08 bits per heavy atom. The van der Waals surface area contributed by atoms with E-state index in [1.807, 2.05) is 0 Å². The third kappa shape index (κ3) is 4.32. The van der Waals surface area contributed by atoms with Crippen LogP contribution in [0.4, 0.5) is 8.78 Å². The maximum Gasteiger partial charge on any atom is 0.131 e. The Morgan fingerprint density at radius 2 is 1.75 bits per heavy atom. The monoisotopic (exact) mass is 338 g/mol. The number of hydrogen-bond acceptors (Lipinski definition) is 3. The summed E-state index contributed by atoms with van der Waals surface area (Å²) in [5.41, 5.74) is 0.181. The van der Waals surface area contributed by atoms with Gasteiger partial charge in [-0.3, -0.25) is 9.80 Å². The first-order valence-electron chi connectivity index (χ1n) is 9.12. The van der Waals surface area contributed by atoms with Crippen LogP contribution in [0.2, 0.25) is 0 Å². The van der Waals surface area contributed by atoms with Crippen molar-refractivity contribution in [3.63, 3.8) is 0 Å². The Balaban J connectivity index is 1.48. The molecule has 5 heteroatoms. The second-order valence-electron chi connectivity index (χ2n) is 7.43. The number of rotatable bonds is 4. The van der Waals surface area contributed by atoms with Crippen molar-refractivity contribution in [1.29, 1.82) is 0 Å². The second kappa shape index (κ2) is 7.89. The number of aliphatic hydroxyl groups is 1. The summed E-state index contributed by atoms with van der Waals surface area (Å²) in [6, 6.07) is 4.08. The van der Waals surface area contributed by atoms with Crippen LogP contribution >= 0.6 is 0 Å². The molecule has 1 unspecified atom stereocenters. The molecule has 0 spiro atoms. The summed E-state index contributed by atoms with van der Waals surface area (Å²) < 4.78 is 26.7. The van der Waals surface area contributed by atoms with Gasteiger partial charge >= 0.3 is 0 Å². The number of benzene rings is 1. The Hall–Kier alpha value is -1.04. The standard InChI is InChI=1S/C19H28F2N2O/c1-14-2-5-16(6-3-14)23-10-8-22(9-11-23)13-19(24)17-7-4-15(20)12-18(17)21/h4,7,12,14,16,19,24H,2-3,5-6,8-11,13H2,1H3. The Bertz CT molecular complexity index is 538. The summed E-state index contributed by atoms with van der Waals surface area (Å²) in [7, 11) is 0. The zero-order valence-corrected chi connectivity index (χ0v) is 14.4. The Labute approximate surface area is 143 Å². The molecule has 0 radical (unpaired) electrons. The highest BCUT2D eigenvalue weighted by molar-refractivity contribution is 5.21. The fourth-order valence-corrected chi connectivity index (χ4v) is 4.03. The van der Waals surface area contributed by atoms with Crippen molar-refractivity contribution >= 4 is 0 Å². The van der Waals surface area contributed by atoms with Gasteiger partial charge in [0.1, 0.15) is 11.6 Å². The van der Waals surface area contributed by atoms with E-state index in [0.717, 1.165) is 38.2 Å². The predicted molar refractivity (Wildman–Crippen MR) is 90.8 cm³/mol. The van der Waals surface area contributed by atoms with E-state index < -0.39 is 17.7 Å². The molecule has 1 aromatic carbocycles. The van der Waals surface area contributed by atoms with Gasteiger partial charge in [0, 0.05) is 50.4 Å². The molecule has 0 aromatic heterocycles. The molecule has 134 valence electrons. The molecule has 1 aliphatic heterocycles. The largest absolute Gasteiger partial charge is 0.387 e. The fraction of sp³-hybridized carbons (Fsp3) is 0.684. The van der Waals surface area contributed by atoms with Gasteiger partial charge in [0.2, 0.25) is 0 Å². The number of hydrogen-bond donors (Lipinski definition) is 1. The second-order valence-corrected chi connectivity index (χ2v) is 7.43. The van der Waals surface area contributed by atoms with Gasteiger partial charge in [-0.15, -0.1) is 0 Å². The Morgan fingerprint density at radius 3 is 2.38 bits per heavy atom. The smallest absolute Gasteiger partial charge is 0.131 e. The van der Waals surface area contributed by atoms with Crippen LogP contribution in [0.15, 0.2) is 18.2 Å². The van der Waals surface area contributed by atoms with Gasteiger partial charge in [-0.05, 0) is 37.7 Å². The maximum absolute atomic E-state index is 13.8. The summed E-state index contributed by atoms with van der Waals surface area (Å²) in [6.45, 7) is 6.55. The van der Waals surface area contributed by atoms with E-state index in [1.54, 1.807) is 0 Å². The van der Waals surface area contributed by atoms with Crippen LogP contribution in [0, 0.1) is 17.6 Å². The minimum atomic E-state index is -0.910. The van der Waals surface area contributed by atoms with Crippen molar-refractivity contribution in [2.45, 2.75) is 44.8 Å². The van der Waals surface area contributed by atoms with Crippen molar-refractivity contribution in [3.05, 3.63) is 35.4 Å². The van der Waals surface area contributed by atoms with Gasteiger partial charge in [0.25, 0.3) is 0 Å². The topological polar surface area (TPSA) is 26.7 Å². The van der Waals surface area contributed by atoms with E-state index in [-0.39, 0.29) is 5.56 Å². The van der Waals surface area contributed by atoms with E-state index in [1.165, 1.54) is 37.8 Å². The molecule has 2 fully saturated rings. The summed E-state index contributed by atoms with van der Waals surface area (Å²) in [5.74, 6) is -0.417.